The summed E-state index contributed by atoms with van der Waals surface area (Å²) in [5.41, 5.74) is 4.40. The van der Waals surface area contributed by atoms with E-state index in [0.29, 0.717) is 17.8 Å². The maximum atomic E-state index is 2.37. The molecular formula is C21H28. The molecule has 0 nitrogen and oxygen atoms in total. The fourth-order valence-corrected chi connectivity index (χ4v) is 3.06. The molecule has 2 atom stereocenters. The highest BCUT2D eigenvalue weighted by atomic mass is 14.3. The third kappa shape index (κ3) is 3.97. The van der Waals surface area contributed by atoms with Crippen molar-refractivity contribution in [3.63, 3.8) is 0 Å². The Labute approximate surface area is 130 Å². The highest BCUT2D eigenvalue weighted by molar-refractivity contribution is 5.73. The molecule has 21 heavy (non-hydrogen) atoms. The molecule has 1 aromatic rings. The zero-order valence-corrected chi connectivity index (χ0v) is 13.8. The van der Waals surface area contributed by atoms with Gasteiger partial charge in [-0.2, -0.15) is 0 Å². The van der Waals surface area contributed by atoms with Gasteiger partial charge in [0.2, 0.25) is 0 Å². The molecule has 0 amide bonds. The van der Waals surface area contributed by atoms with Gasteiger partial charge in [-0.15, -0.1) is 0 Å². The molecule has 0 N–H and O–H groups in total. The van der Waals surface area contributed by atoms with Crippen molar-refractivity contribution in [2.75, 3.05) is 0 Å². The number of hydrogen-bond acceptors (Lipinski definition) is 0. The molecular weight excluding hydrogens is 252 g/mol. The van der Waals surface area contributed by atoms with E-state index in [1.54, 1.807) is 0 Å². The van der Waals surface area contributed by atoms with Crippen LogP contribution in [0.2, 0.25) is 0 Å². The highest BCUT2D eigenvalue weighted by Crippen LogP contribution is 2.35. The first-order valence-electron chi connectivity index (χ1n) is 8.26. The predicted octanol–water partition coefficient (Wildman–Crippen LogP) is 6.06. The smallest absolute Gasteiger partial charge is 0.00526 e. The quantitative estimate of drug-likeness (QED) is 0.615. The van der Waals surface area contributed by atoms with Gasteiger partial charge in [0.05, 0.1) is 0 Å². The van der Waals surface area contributed by atoms with Crippen molar-refractivity contribution in [1.82, 2.24) is 0 Å². The second-order valence-corrected chi connectivity index (χ2v) is 6.56. The lowest BCUT2D eigenvalue weighted by Crippen LogP contribution is -2.12. The SMILES string of the molecule is CCC(C)C1C=CC=CC=C1c1ccccc1CC(C)C. The topological polar surface area (TPSA) is 0 Å². The molecule has 1 aromatic carbocycles. The van der Waals surface area contributed by atoms with Gasteiger partial charge in [-0.25, -0.2) is 0 Å². The molecule has 0 spiro atoms. The minimum atomic E-state index is 0.512. The minimum Gasteiger partial charge on any atom is -0.0767 e. The Hall–Kier alpha value is -1.56. The van der Waals surface area contributed by atoms with E-state index in [2.05, 4.69) is 82.3 Å². The zero-order valence-electron chi connectivity index (χ0n) is 13.8. The molecule has 0 radical (unpaired) electrons. The van der Waals surface area contributed by atoms with Gasteiger partial charge in [-0.05, 0) is 35.0 Å². The van der Waals surface area contributed by atoms with Crippen molar-refractivity contribution in [3.8, 4) is 0 Å². The van der Waals surface area contributed by atoms with Crippen LogP contribution in [-0.2, 0) is 6.42 Å². The van der Waals surface area contributed by atoms with Crippen LogP contribution in [-0.4, -0.2) is 0 Å². The Bertz CT molecular complexity index is 543. The Kier molecular flexibility index (Phi) is 5.61. The second-order valence-electron chi connectivity index (χ2n) is 6.56. The molecule has 0 aliphatic heterocycles. The average molecular weight is 280 g/mol. The first-order chi connectivity index (χ1) is 10.1. The van der Waals surface area contributed by atoms with E-state index in [-0.39, 0.29) is 0 Å². The zero-order chi connectivity index (χ0) is 15.2. The first kappa shape index (κ1) is 15.8. The van der Waals surface area contributed by atoms with Crippen molar-refractivity contribution >= 4 is 5.57 Å². The van der Waals surface area contributed by atoms with Gasteiger partial charge >= 0.3 is 0 Å². The van der Waals surface area contributed by atoms with Crippen molar-refractivity contribution in [2.45, 2.75) is 40.5 Å². The molecule has 2 unspecified atom stereocenters. The standard InChI is InChI=1S/C21H28/c1-5-17(4)19-12-7-6-8-14-21(19)20-13-10-9-11-18(20)15-16(2)3/h6-14,16-17,19H,5,15H2,1-4H3. The molecule has 1 aliphatic rings. The third-order valence-electron chi connectivity index (χ3n) is 4.39. The molecule has 0 aromatic heterocycles. The van der Waals surface area contributed by atoms with Crippen LogP contribution in [0.25, 0.3) is 5.57 Å². The molecule has 112 valence electrons. The van der Waals surface area contributed by atoms with Gasteiger partial charge < -0.3 is 0 Å². The number of benzene rings is 1. The van der Waals surface area contributed by atoms with Crippen LogP contribution in [0.5, 0.6) is 0 Å². The largest absolute Gasteiger partial charge is 0.0767 e. The van der Waals surface area contributed by atoms with Crippen molar-refractivity contribution in [2.24, 2.45) is 17.8 Å². The van der Waals surface area contributed by atoms with Gasteiger partial charge in [0.15, 0.2) is 0 Å². The number of hydrogen-bond donors (Lipinski definition) is 0. The molecule has 0 saturated carbocycles. The van der Waals surface area contributed by atoms with Crippen molar-refractivity contribution in [3.05, 3.63) is 65.8 Å². The Morgan fingerprint density at radius 1 is 1.00 bits per heavy atom. The van der Waals surface area contributed by atoms with Gasteiger partial charge in [-0.1, -0.05) is 88.8 Å². The molecule has 0 bridgehead atoms. The van der Waals surface area contributed by atoms with Gasteiger partial charge in [-0.3, -0.25) is 0 Å². The van der Waals surface area contributed by atoms with E-state index in [1.807, 2.05) is 0 Å². The van der Waals surface area contributed by atoms with E-state index in [9.17, 15) is 0 Å². The lowest BCUT2D eigenvalue weighted by molar-refractivity contribution is 0.493. The molecule has 0 saturated heterocycles. The summed E-state index contributed by atoms with van der Waals surface area (Å²) in [5, 5.41) is 0. The van der Waals surface area contributed by atoms with E-state index < -0.39 is 0 Å². The number of rotatable bonds is 5. The summed E-state index contributed by atoms with van der Waals surface area (Å²) in [6.45, 7) is 9.24. The molecule has 0 heterocycles. The van der Waals surface area contributed by atoms with E-state index >= 15 is 0 Å². The maximum Gasteiger partial charge on any atom is 0.00526 e. The third-order valence-corrected chi connectivity index (χ3v) is 4.39. The Balaban J connectivity index is 2.44. The van der Waals surface area contributed by atoms with E-state index in [0.717, 1.165) is 6.42 Å². The first-order valence-corrected chi connectivity index (χ1v) is 8.26. The Morgan fingerprint density at radius 2 is 1.76 bits per heavy atom. The fraction of sp³-hybridized carbons (Fsp3) is 0.429. The summed E-state index contributed by atoms with van der Waals surface area (Å²) in [4.78, 5) is 0. The van der Waals surface area contributed by atoms with Crippen molar-refractivity contribution in [1.29, 1.82) is 0 Å². The summed E-state index contributed by atoms with van der Waals surface area (Å²) in [6, 6.07) is 8.93. The van der Waals surface area contributed by atoms with Crippen LogP contribution in [0.4, 0.5) is 0 Å². The summed E-state index contributed by atoms with van der Waals surface area (Å²) in [5.74, 6) is 1.86. The fourth-order valence-electron chi connectivity index (χ4n) is 3.06. The molecule has 2 rings (SSSR count). The summed E-state index contributed by atoms with van der Waals surface area (Å²) in [7, 11) is 0. The normalized spacial score (nSPS) is 19.5. The van der Waals surface area contributed by atoms with Crippen LogP contribution in [0.3, 0.4) is 0 Å². The lowest BCUT2D eigenvalue weighted by Gasteiger charge is -2.25. The van der Waals surface area contributed by atoms with Gasteiger partial charge in [0.25, 0.3) is 0 Å². The Morgan fingerprint density at radius 3 is 2.48 bits per heavy atom. The molecule has 1 aliphatic carbocycles. The van der Waals surface area contributed by atoms with Crippen LogP contribution in [0.15, 0.2) is 54.6 Å². The van der Waals surface area contributed by atoms with Crippen LogP contribution >= 0.6 is 0 Å². The summed E-state index contributed by atoms with van der Waals surface area (Å²) in [6.07, 6.45) is 13.6. The van der Waals surface area contributed by atoms with E-state index in [1.165, 1.54) is 23.1 Å². The second kappa shape index (κ2) is 7.45. The predicted molar refractivity (Wildman–Crippen MR) is 94.2 cm³/mol. The highest BCUT2D eigenvalue weighted by Gasteiger charge is 2.21. The summed E-state index contributed by atoms with van der Waals surface area (Å²) >= 11 is 0. The van der Waals surface area contributed by atoms with Crippen LogP contribution in [0.1, 0.15) is 45.2 Å². The average Bonchev–Trinajstić information content (AvgIpc) is 2.72. The van der Waals surface area contributed by atoms with Crippen LogP contribution < -0.4 is 0 Å². The molecule has 0 fully saturated rings. The lowest BCUT2D eigenvalue weighted by atomic mass is 9.80. The maximum absolute atomic E-state index is 2.37. The van der Waals surface area contributed by atoms with Gasteiger partial charge in [0, 0.05) is 5.92 Å². The monoisotopic (exact) mass is 280 g/mol. The minimum absolute atomic E-state index is 0.512. The van der Waals surface area contributed by atoms with Crippen molar-refractivity contribution < 1.29 is 0 Å². The summed E-state index contributed by atoms with van der Waals surface area (Å²) < 4.78 is 0. The van der Waals surface area contributed by atoms with Crippen LogP contribution in [0, 0.1) is 17.8 Å². The van der Waals surface area contributed by atoms with Gasteiger partial charge in [0.1, 0.15) is 0 Å². The van der Waals surface area contributed by atoms with E-state index in [4.69, 9.17) is 0 Å². The molecule has 0 heteroatoms. The number of allylic oxidation sites excluding steroid dienone is 6.